The fourth-order valence-electron chi connectivity index (χ4n) is 1.39. The number of rotatable bonds is 3. The topological polar surface area (TPSA) is 110 Å². The summed E-state index contributed by atoms with van der Waals surface area (Å²) in [6.07, 6.45) is 1.41. The van der Waals surface area contributed by atoms with Crippen LogP contribution in [0.4, 0.5) is 0 Å². The van der Waals surface area contributed by atoms with Gasteiger partial charge in [-0.05, 0) is 12.1 Å². The molecule has 2 aromatic rings. The van der Waals surface area contributed by atoms with Gasteiger partial charge in [-0.3, -0.25) is 24.6 Å². The molecule has 0 bridgehead atoms. The molecular weight excluding hydrogens is 256 g/mol. The summed E-state index contributed by atoms with van der Waals surface area (Å²) in [4.78, 5) is 37.0. The van der Waals surface area contributed by atoms with E-state index in [4.69, 9.17) is 5.84 Å². The fourth-order valence-corrected chi connectivity index (χ4v) is 2.30. The van der Waals surface area contributed by atoms with Gasteiger partial charge in [0, 0.05) is 17.1 Å². The molecule has 8 heteroatoms. The third kappa shape index (κ3) is 2.55. The number of hydrogen-bond acceptors (Lipinski definition) is 5. The number of thiophene rings is 1. The number of H-pyrrole nitrogens is 1. The molecule has 2 rings (SSSR count). The number of hydrogen-bond donors (Lipinski definition) is 3. The minimum Gasteiger partial charge on any atom is -0.295 e. The Morgan fingerprint density at radius 3 is 2.83 bits per heavy atom. The van der Waals surface area contributed by atoms with Gasteiger partial charge in [-0.25, -0.2) is 10.6 Å². The van der Waals surface area contributed by atoms with Gasteiger partial charge in [-0.1, -0.05) is 0 Å². The zero-order chi connectivity index (χ0) is 13.1. The molecule has 0 unspecified atom stereocenters. The van der Waals surface area contributed by atoms with E-state index >= 15 is 0 Å². The number of nitrogen functional groups attached to an aromatic ring is 1. The molecule has 0 saturated carbocycles. The predicted octanol–water partition coefficient (Wildman–Crippen LogP) is -0.750. The van der Waals surface area contributed by atoms with E-state index in [2.05, 4.69) is 4.98 Å². The Hall–Kier alpha value is -2.19. The van der Waals surface area contributed by atoms with Crippen LogP contribution in [-0.4, -0.2) is 15.5 Å². The number of amides is 1. The molecule has 4 N–H and O–H groups in total. The lowest BCUT2D eigenvalue weighted by Crippen LogP contribution is -2.29. The van der Waals surface area contributed by atoms with Gasteiger partial charge < -0.3 is 0 Å². The standard InChI is InChI=1S/C10H10N4O3S/c11-13-9(16)7-2-1-6(18-7)5-14-4-3-8(15)12-10(14)17/h1-4H,5,11H2,(H,13,16)(H,12,15,17). The zero-order valence-electron chi connectivity index (χ0n) is 9.17. The van der Waals surface area contributed by atoms with Crippen LogP contribution in [0.3, 0.4) is 0 Å². The maximum absolute atomic E-state index is 11.5. The molecule has 0 spiro atoms. The molecule has 0 aliphatic rings. The van der Waals surface area contributed by atoms with Gasteiger partial charge in [0.25, 0.3) is 11.5 Å². The monoisotopic (exact) mass is 266 g/mol. The van der Waals surface area contributed by atoms with Crippen LogP contribution in [0.1, 0.15) is 14.5 Å². The van der Waals surface area contributed by atoms with E-state index in [1.54, 1.807) is 12.1 Å². The van der Waals surface area contributed by atoms with E-state index in [0.29, 0.717) is 4.88 Å². The molecule has 0 radical (unpaired) electrons. The van der Waals surface area contributed by atoms with E-state index in [1.807, 2.05) is 5.43 Å². The summed E-state index contributed by atoms with van der Waals surface area (Å²) in [6.45, 7) is 0.290. The van der Waals surface area contributed by atoms with Crippen molar-refractivity contribution in [1.82, 2.24) is 15.0 Å². The molecule has 0 aliphatic carbocycles. The first-order valence-electron chi connectivity index (χ1n) is 4.99. The van der Waals surface area contributed by atoms with E-state index in [1.165, 1.54) is 28.2 Å². The van der Waals surface area contributed by atoms with E-state index < -0.39 is 11.2 Å². The van der Waals surface area contributed by atoms with E-state index in [9.17, 15) is 14.4 Å². The molecular formula is C10H10N4O3S. The predicted molar refractivity (Wildman–Crippen MR) is 66.4 cm³/mol. The summed E-state index contributed by atoms with van der Waals surface area (Å²) in [5, 5.41) is 0. The van der Waals surface area contributed by atoms with Crippen molar-refractivity contribution in [2.75, 3.05) is 0 Å². The summed E-state index contributed by atoms with van der Waals surface area (Å²) in [5.41, 5.74) is 1.11. The van der Waals surface area contributed by atoms with Gasteiger partial charge in [-0.15, -0.1) is 11.3 Å². The van der Waals surface area contributed by atoms with Crippen LogP contribution in [0.2, 0.25) is 0 Å². The number of nitrogens with two attached hydrogens (primary N) is 1. The number of aromatic amines is 1. The molecule has 0 aliphatic heterocycles. The summed E-state index contributed by atoms with van der Waals surface area (Å²) in [6, 6.07) is 4.62. The second-order valence-corrected chi connectivity index (χ2v) is 4.65. The Morgan fingerprint density at radius 2 is 2.17 bits per heavy atom. The van der Waals surface area contributed by atoms with Crippen LogP contribution in [0, 0.1) is 0 Å². The van der Waals surface area contributed by atoms with Crippen LogP contribution in [0.15, 0.2) is 34.0 Å². The van der Waals surface area contributed by atoms with Crippen molar-refractivity contribution in [1.29, 1.82) is 0 Å². The number of aromatic nitrogens is 2. The Kier molecular flexibility index (Phi) is 3.40. The van der Waals surface area contributed by atoms with Gasteiger partial charge in [0.2, 0.25) is 0 Å². The fraction of sp³-hybridized carbons (Fsp3) is 0.100. The van der Waals surface area contributed by atoms with Gasteiger partial charge in [-0.2, -0.15) is 0 Å². The molecule has 2 heterocycles. The third-order valence-electron chi connectivity index (χ3n) is 2.24. The smallest absolute Gasteiger partial charge is 0.295 e. The van der Waals surface area contributed by atoms with E-state index in [-0.39, 0.29) is 12.5 Å². The number of nitrogens with one attached hydrogen (secondary N) is 2. The number of carbonyl (C=O) groups excluding carboxylic acids is 1. The van der Waals surface area contributed by atoms with Gasteiger partial charge in [0.15, 0.2) is 0 Å². The van der Waals surface area contributed by atoms with Crippen molar-refractivity contribution >= 4 is 17.2 Å². The molecule has 0 atom stereocenters. The quantitative estimate of drug-likeness (QED) is 0.385. The molecule has 94 valence electrons. The van der Waals surface area contributed by atoms with Crippen LogP contribution in [-0.2, 0) is 6.54 Å². The van der Waals surface area contributed by atoms with Crippen molar-refractivity contribution in [3.63, 3.8) is 0 Å². The summed E-state index contributed by atoms with van der Waals surface area (Å²) < 4.78 is 1.34. The second kappa shape index (κ2) is 4.98. The second-order valence-electron chi connectivity index (χ2n) is 3.48. The number of nitrogens with zero attached hydrogens (tertiary/aromatic N) is 1. The minimum atomic E-state index is -0.485. The molecule has 0 aromatic carbocycles. The van der Waals surface area contributed by atoms with Crippen LogP contribution in [0.5, 0.6) is 0 Å². The first kappa shape index (κ1) is 12.3. The summed E-state index contributed by atoms with van der Waals surface area (Å²) >= 11 is 1.23. The number of carbonyl (C=O) groups is 1. The molecule has 2 aromatic heterocycles. The van der Waals surface area contributed by atoms with Gasteiger partial charge >= 0.3 is 5.69 Å². The van der Waals surface area contributed by atoms with Crippen LogP contribution in [0.25, 0.3) is 0 Å². The molecule has 7 nitrogen and oxygen atoms in total. The maximum Gasteiger partial charge on any atom is 0.328 e. The van der Waals surface area contributed by atoms with Crippen molar-refractivity contribution in [3.8, 4) is 0 Å². The van der Waals surface area contributed by atoms with Gasteiger partial charge in [0.1, 0.15) is 0 Å². The molecule has 0 saturated heterocycles. The average Bonchev–Trinajstić information content (AvgIpc) is 2.80. The van der Waals surface area contributed by atoms with Crippen LogP contribution >= 0.6 is 11.3 Å². The summed E-state index contributed by atoms with van der Waals surface area (Å²) in [5.74, 6) is 4.64. The Morgan fingerprint density at radius 1 is 1.39 bits per heavy atom. The van der Waals surface area contributed by atoms with Crippen molar-refractivity contribution < 1.29 is 4.79 Å². The Balaban J connectivity index is 2.24. The van der Waals surface area contributed by atoms with Crippen molar-refractivity contribution in [2.24, 2.45) is 5.84 Å². The first-order valence-corrected chi connectivity index (χ1v) is 5.81. The summed E-state index contributed by atoms with van der Waals surface area (Å²) in [7, 11) is 0. The average molecular weight is 266 g/mol. The first-order chi connectivity index (χ1) is 8.60. The van der Waals surface area contributed by atoms with Gasteiger partial charge in [0.05, 0.1) is 11.4 Å². The maximum atomic E-state index is 11.5. The normalized spacial score (nSPS) is 10.3. The van der Waals surface area contributed by atoms with Crippen molar-refractivity contribution in [2.45, 2.75) is 6.54 Å². The SMILES string of the molecule is NNC(=O)c1ccc(Cn2ccc(=O)[nH]c2=O)s1. The molecule has 1 amide bonds. The van der Waals surface area contributed by atoms with Crippen LogP contribution < -0.4 is 22.5 Å². The molecule has 18 heavy (non-hydrogen) atoms. The highest BCUT2D eigenvalue weighted by molar-refractivity contribution is 7.14. The largest absolute Gasteiger partial charge is 0.328 e. The lowest BCUT2D eigenvalue weighted by molar-refractivity contribution is 0.0957. The Labute approximate surface area is 105 Å². The highest BCUT2D eigenvalue weighted by Gasteiger charge is 2.08. The molecule has 0 fully saturated rings. The minimum absolute atomic E-state index is 0.290. The lowest BCUT2D eigenvalue weighted by Gasteiger charge is -2.01. The van der Waals surface area contributed by atoms with E-state index in [0.717, 1.165) is 4.88 Å². The highest BCUT2D eigenvalue weighted by Crippen LogP contribution is 2.16. The lowest BCUT2D eigenvalue weighted by atomic mass is 10.4. The third-order valence-corrected chi connectivity index (χ3v) is 3.31. The highest BCUT2D eigenvalue weighted by atomic mass is 32.1. The zero-order valence-corrected chi connectivity index (χ0v) is 9.99. The Bertz CT molecular complexity index is 685. The van der Waals surface area contributed by atoms with Crippen molar-refractivity contribution in [3.05, 3.63) is 55.0 Å². The number of hydrazine groups is 1.